The van der Waals surface area contributed by atoms with Crippen molar-refractivity contribution in [1.82, 2.24) is 10.4 Å². The highest BCUT2D eigenvalue weighted by molar-refractivity contribution is 4.73. The molecular formula is C4H8N3O2. The molecule has 0 bridgehead atoms. The van der Waals surface area contributed by atoms with Crippen molar-refractivity contribution in [2.24, 2.45) is 0 Å². The lowest BCUT2D eigenvalue weighted by Gasteiger charge is -2.04. The van der Waals surface area contributed by atoms with Gasteiger partial charge in [-0.3, -0.25) is 10.1 Å². The molecule has 1 aliphatic rings. The number of nitrogens with one attached hydrogen (secondary N) is 1. The normalized spacial score (nSPS) is 28.8. The quantitative estimate of drug-likeness (QED) is 0.387. The van der Waals surface area contributed by atoms with Crippen LogP contribution in [-0.2, 0) is 0 Å². The molecule has 0 amide bonds. The second-order valence-electron chi connectivity index (χ2n) is 1.96. The van der Waals surface area contributed by atoms with Crippen molar-refractivity contribution in [3.05, 3.63) is 16.7 Å². The van der Waals surface area contributed by atoms with E-state index in [9.17, 15) is 10.1 Å². The second kappa shape index (κ2) is 2.28. The zero-order valence-electron chi connectivity index (χ0n) is 5.07. The molecule has 0 aliphatic carbocycles. The topological polar surface area (TPSA) is 58.4 Å². The van der Waals surface area contributed by atoms with Gasteiger partial charge in [-0.2, -0.15) is 5.43 Å². The number of hydrogen-bond acceptors (Lipinski definition) is 4. The van der Waals surface area contributed by atoms with Gasteiger partial charge in [0.05, 0.1) is 0 Å². The molecule has 5 nitrogen and oxygen atoms in total. The maximum absolute atomic E-state index is 10.0. The molecule has 0 aromatic rings. The van der Waals surface area contributed by atoms with Gasteiger partial charge in [0.25, 0.3) is 6.17 Å². The molecule has 51 valence electrons. The summed E-state index contributed by atoms with van der Waals surface area (Å²) in [5, 5.41) is 11.6. The van der Waals surface area contributed by atoms with E-state index in [1.165, 1.54) is 0 Å². The van der Waals surface area contributed by atoms with Crippen molar-refractivity contribution in [3.63, 3.8) is 0 Å². The van der Waals surface area contributed by atoms with E-state index < -0.39 is 6.17 Å². The minimum Gasteiger partial charge on any atom is -0.263 e. The van der Waals surface area contributed by atoms with Crippen LogP contribution in [0.1, 0.15) is 6.42 Å². The minimum atomic E-state index is -0.616. The Labute approximate surface area is 52.8 Å². The lowest BCUT2D eigenvalue weighted by Crippen LogP contribution is -2.36. The van der Waals surface area contributed by atoms with Crippen LogP contribution in [-0.4, -0.2) is 23.1 Å². The summed E-state index contributed by atoms with van der Waals surface area (Å²) in [5.41, 5.74) is 2.63. The zero-order chi connectivity index (χ0) is 6.85. The zero-order valence-corrected chi connectivity index (χ0v) is 5.07. The van der Waals surface area contributed by atoms with E-state index >= 15 is 0 Å². The largest absolute Gasteiger partial charge is 0.279 e. The van der Waals surface area contributed by atoms with Gasteiger partial charge in [0.1, 0.15) is 0 Å². The van der Waals surface area contributed by atoms with Crippen LogP contribution in [0.2, 0.25) is 0 Å². The molecule has 1 N–H and O–H groups in total. The second-order valence-corrected chi connectivity index (χ2v) is 1.96. The predicted octanol–water partition coefficient (Wildman–Crippen LogP) is -0.409. The van der Waals surface area contributed by atoms with E-state index in [0.717, 1.165) is 0 Å². The van der Waals surface area contributed by atoms with E-state index in [1.807, 2.05) is 0 Å². The molecule has 5 heteroatoms. The first-order chi connectivity index (χ1) is 4.20. The number of hydrogen-bond donors (Lipinski definition) is 1. The lowest BCUT2D eigenvalue weighted by molar-refractivity contribution is -0.528. The van der Waals surface area contributed by atoms with Gasteiger partial charge < -0.3 is 0 Å². The Kier molecular flexibility index (Phi) is 1.63. The number of hydrazine groups is 1. The molecule has 0 saturated carbocycles. The van der Waals surface area contributed by atoms with E-state index in [4.69, 9.17) is 0 Å². The molecule has 9 heavy (non-hydrogen) atoms. The van der Waals surface area contributed by atoms with Gasteiger partial charge in [-0.1, -0.05) is 0 Å². The smallest absolute Gasteiger partial charge is 0.263 e. The Morgan fingerprint density at radius 3 is 2.89 bits per heavy atom. The molecule has 1 saturated heterocycles. The number of rotatable bonds is 1. The Morgan fingerprint density at radius 1 is 2.00 bits per heavy atom. The first kappa shape index (κ1) is 6.44. The summed E-state index contributed by atoms with van der Waals surface area (Å²) >= 11 is 0. The summed E-state index contributed by atoms with van der Waals surface area (Å²) < 4.78 is 0. The van der Waals surface area contributed by atoms with Crippen molar-refractivity contribution >= 4 is 0 Å². The summed E-state index contributed by atoms with van der Waals surface area (Å²) in [7, 11) is 1.74. The summed E-state index contributed by atoms with van der Waals surface area (Å²) in [6, 6.07) is 0. The highest BCUT2D eigenvalue weighted by Gasteiger charge is 2.27. The Hall–Kier alpha value is -0.680. The molecule has 0 aromatic carbocycles. The van der Waals surface area contributed by atoms with Crippen LogP contribution in [0.5, 0.6) is 0 Å². The van der Waals surface area contributed by atoms with Crippen LogP contribution in [0.25, 0.3) is 0 Å². The molecule has 1 rings (SSSR count). The van der Waals surface area contributed by atoms with Gasteiger partial charge >= 0.3 is 0 Å². The fourth-order valence-electron chi connectivity index (χ4n) is 0.732. The van der Waals surface area contributed by atoms with Crippen LogP contribution in [0, 0.1) is 16.7 Å². The fraction of sp³-hybridized carbons (Fsp3) is 0.750. The standard InChI is InChI=1S/C4H8N3O2/c1-6-3-2-4(5-6)7(8)9/h3-5H,2H2,1H3. The van der Waals surface area contributed by atoms with Crippen LogP contribution < -0.4 is 5.43 Å². The molecule has 1 fully saturated rings. The van der Waals surface area contributed by atoms with E-state index in [1.54, 1.807) is 18.6 Å². The highest BCUT2D eigenvalue weighted by atomic mass is 16.6. The number of nitro groups is 1. The van der Waals surface area contributed by atoms with Gasteiger partial charge in [-0.25, -0.2) is 5.01 Å². The molecule has 1 unspecified atom stereocenters. The van der Waals surface area contributed by atoms with E-state index in [2.05, 4.69) is 5.43 Å². The highest BCUT2D eigenvalue weighted by Crippen LogP contribution is 2.06. The maximum atomic E-state index is 10.0. The third-order valence-corrected chi connectivity index (χ3v) is 1.21. The third-order valence-electron chi connectivity index (χ3n) is 1.21. The molecule has 1 heterocycles. The lowest BCUT2D eigenvalue weighted by atomic mass is 10.4. The average molecular weight is 130 g/mol. The average Bonchev–Trinajstić information content (AvgIpc) is 2.14. The summed E-state index contributed by atoms with van der Waals surface area (Å²) in [5.74, 6) is 0. The first-order valence-electron chi connectivity index (χ1n) is 2.66. The Morgan fingerprint density at radius 2 is 2.67 bits per heavy atom. The van der Waals surface area contributed by atoms with Crippen molar-refractivity contribution in [1.29, 1.82) is 0 Å². The van der Waals surface area contributed by atoms with Crippen molar-refractivity contribution in [3.8, 4) is 0 Å². The van der Waals surface area contributed by atoms with Gasteiger partial charge in [0.15, 0.2) is 0 Å². The predicted molar refractivity (Wildman–Crippen MR) is 30.6 cm³/mol. The molecular weight excluding hydrogens is 122 g/mol. The summed E-state index contributed by atoms with van der Waals surface area (Å²) in [6.07, 6.45) is -0.140. The first-order valence-corrected chi connectivity index (χ1v) is 2.66. The van der Waals surface area contributed by atoms with Crippen LogP contribution in [0.3, 0.4) is 0 Å². The molecule has 0 spiro atoms. The summed E-state index contributed by atoms with van der Waals surface area (Å²) in [6.45, 7) is 1.74. The van der Waals surface area contributed by atoms with Crippen molar-refractivity contribution in [2.45, 2.75) is 12.6 Å². The monoisotopic (exact) mass is 130 g/mol. The van der Waals surface area contributed by atoms with E-state index in [0.29, 0.717) is 6.42 Å². The minimum absolute atomic E-state index is 0.333. The van der Waals surface area contributed by atoms with Crippen molar-refractivity contribution < 1.29 is 4.92 Å². The summed E-state index contributed by atoms with van der Waals surface area (Å²) in [4.78, 5) is 9.71. The van der Waals surface area contributed by atoms with Gasteiger partial charge in [-0.05, 0) is 0 Å². The van der Waals surface area contributed by atoms with Crippen LogP contribution >= 0.6 is 0 Å². The maximum Gasteiger partial charge on any atom is 0.279 e. The molecule has 1 radical (unpaired) electrons. The van der Waals surface area contributed by atoms with Crippen LogP contribution in [0.4, 0.5) is 0 Å². The Balaban J connectivity index is 2.39. The van der Waals surface area contributed by atoms with E-state index in [-0.39, 0.29) is 4.92 Å². The SMILES string of the molecule is CN1[CH]CC([N+](=O)[O-])N1. The number of nitrogens with zero attached hydrogens (tertiary/aromatic N) is 2. The molecule has 1 aliphatic heterocycles. The van der Waals surface area contributed by atoms with Gasteiger partial charge in [0.2, 0.25) is 0 Å². The van der Waals surface area contributed by atoms with Crippen molar-refractivity contribution in [2.75, 3.05) is 7.05 Å². The molecule has 1 atom stereocenters. The van der Waals surface area contributed by atoms with Gasteiger partial charge in [-0.15, -0.1) is 0 Å². The fourth-order valence-corrected chi connectivity index (χ4v) is 0.732. The van der Waals surface area contributed by atoms with Crippen LogP contribution in [0.15, 0.2) is 0 Å². The Bertz CT molecular complexity index is 127. The third kappa shape index (κ3) is 1.36. The van der Waals surface area contributed by atoms with Gasteiger partial charge in [0, 0.05) is 24.9 Å². The molecule has 0 aromatic heterocycles.